The zero-order valence-electron chi connectivity index (χ0n) is 15.0. The number of ether oxygens (including phenoxy) is 2. The van der Waals surface area contributed by atoms with Gasteiger partial charge in [-0.2, -0.15) is 18.3 Å². The van der Waals surface area contributed by atoms with Crippen molar-refractivity contribution in [3.63, 3.8) is 0 Å². The molecule has 11 heteroatoms. The van der Waals surface area contributed by atoms with E-state index < -0.39 is 18.8 Å². The first-order chi connectivity index (χ1) is 12.8. The number of nitrogens with zero attached hydrogens (tertiary/aromatic N) is 3. The third-order valence-electron chi connectivity index (χ3n) is 3.60. The summed E-state index contributed by atoms with van der Waals surface area (Å²) in [6, 6.07) is 5.71. The minimum absolute atomic E-state index is 0. The van der Waals surface area contributed by atoms with E-state index in [1.807, 2.05) is 0 Å². The number of carbonyl (C=O) groups is 1. The van der Waals surface area contributed by atoms with Gasteiger partial charge in [0.05, 0.1) is 11.5 Å². The predicted octanol–water partition coefficient (Wildman–Crippen LogP) is -0.607. The van der Waals surface area contributed by atoms with Gasteiger partial charge < -0.3 is 19.4 Å². The van der Waals surface area contributed by atoms with Crippen LogP contribution in [0.4, 0.5) is 13.2 Å². The molecule has 28 heavy (non-hydrogen) atoms. The minimum Gasteiger partial charge on any atom is -0.543 e. The van der Waals surface area contributed by atoms with Crippen molar-refractivity contribution in [1.82, 2.24) is 14.6 Å². The second-order valence-corrected chi connectivity index (χ2v) is 5.47. The maximum atomic E-state index is 12.4. The summed E-state index contributed by atoms with van der Waals surface area (Å²) in [4.78, 5) is 15.1. The first-order valence-corrected chi connectivity index (χ1v) is 7.83. The van der Waals surface area contributed by atoms with E-state index >= 15 is 0 Å². The van der Waals surface area contributed by atoms with Gasteiger partial charge in [-0.1, -0.05) is 6.92 Å². The van der Waals surface area contributed by atoms with Crippen molar-refractivity contribution in [3.05, 3.63) is 47.9 Å². The molecule has 3 aromatic rings. The van der Waals surface area contributed by atoms with Crippen LogP contribution in [-0.2, 0) is 6.42 Å². The van der Waals surface area contributed by atoms with Gasteiger partial charge in [0.25, 0.3) is 5.88 Å². The number of aromatic carboxylic acids is 1. The van der Waals surface area contributed by atoms with E-state index in [4.69, 9.17) is 9.47 Å². The van der Waals surface area contributed by atoms with Crippen molar-refractivity contribution in [2.45, 2.75) is 19.5 Å². The Balaban J connectivity index is 0.00000280. The van der Waals surface area contributed by atoms with Crippen molar-refractivity contribution in [3.8, 4) is 17.4 Å². The molecule has 0 bridgehead atoms. The zero-order chi connectivity index (χ0) is 19.6. The van der Waals surface area contributed by atoms with Gasteiger partial charge in [0.2, 0.25) is 0 Å². The molecule has 0 radical (unpaired) electrons. The smallest absolute Gasteiger partial charge is 0.543 e. The second kappa shape index (κ2) is 8.54. The maximum Gasteiger partial charge on any atom is 1.00 e. The monoisotopic (exact) mass is 387 g/mol. The summed E-state index contributed by atoms with van der Waals surface area (Å²) in [5.74, 6) is -1.48. The van der Waals surface area contributed by atoms with Gasteiger partial charge in [0, 0.05) is 24.0 Å². The Bertz CT molecular complexity index is 991. The molecular weight excluding hydrogens is 374 g/mol. The number of aryl methyl sites for hydroxylation is 1. The number of carbonyl (C=O) groups excluding carboxylic acids is 1. The molecular formula is C17H13F3LiN3O4. The topological polar surface area (TPSA) is 88.8 Å². The standard InChI is InChI=1S/C17H14F3N3O4.Li/c1-2-11-12-8-10(5-7-23(12)22-14(11)16(24)25)27-15-13(4-3-6-21-15)26-9-17(18,19)20;/h3-8H,2,9H2,1H3,(H,24,25);/q;+1/p-1. The summed E-state index contributed by atoms with van der Waals surface area (Å²) in [7, 11) is 0. The summed E-state index contributed by atoms with van der Waals surface area (Å²) in [6.45, 7) is 0.282. The van der Waals surface area contributed by atoms with Crippen LogP contribution in [-0.4, -0.2) is 33.4 Å². The number of carboxylic acids is 1. The maximum absolute atomic E-state index is 12.4. The first-order valence-electron chi connectivity index (χ1n) is 7.83. The minimum atomic E-state index is -4.50. The summed E-state index contributed by atoms with van der Waals surface area (Å²) in [6.07, 6.45) is -1.30. The van der Waals surface area contributed by atoms with Crippen LogP contribution in [0.5, 0.6) is 17.4 Å². The fourth-order valence-electron chi connectivity index (χ4n) is 2.49. The Labute approximate surface area is 169 Å². The number of alkyl halides is 3. The van der Waals surface area contributed by atoms with Gasteiger partial charge in [0.15, 0.2) is 12.4 Å². The number of hydrogen-bond donors (Lipinski definition) is 0. The van der Waals surface area contributed by atoms with E-state index in [-0.39, 0.29) is 41.9 Å². The second-order valence-electron chi connectivity index (χ2n) is 5.47. The normalized spacial score (nSPS) is 11.1. The fraction of sp³-hybridized carbons (Fsp3) is 0.235. The molecule has 0 fully saturated rings. The fourth-order valence-corrected chi connectivity index (χ4v) is 2.49. The molecule has 142 valence electrons. The molecule has 7 nitrogen and oxygen atoms in total. The van der Waals surface area contributed by atoms with Crippen molar-refractivity contribution in [1.29, 1.82) is 0 Å². The van der Waals surface area contributed by atoms with Crippen LogP contribution in [0.3, 0.4) is 0 Å². The van der Waals surface area contributed by atoms with Gasteiger partial charge in [0.1, 0.15) is 11.4 Å². The average molecular weight is 387 g/mol. The van der Waals surface area contributed by atoms with E-state index in [0.717, 1.165) is 0 Å². The van der Waals surface area contributed by atoms with E-state index in [1.165, 1.54) is 41.2 Å². The largest absolute Gasteiger partial charge is 1.00 e. The van der Waals surface area contributed by atoms with Crippen LogP contribution in [0.15, 0.2) is 36.7 Å². The van der Waals surface area contributed by atoms with Crippen LogP contribution in [0, 0.1) is 0 Å². The molecule has 0 aliphatic carbocycles. The number of halogens is 3. The zero-order valence-corrected chi connectivity index (χ0v) is 15.0. The van der Waals surface area contributed by atoms with Crippen molar-refractivity contribution < 1.29 is 51.4 Å². The van der Waals surface area contributed by atoms with Crippen LogP contribution < -0.4 is 33.4 Å². The van der Waals surface area contributed by atoms with Crippen LogP contribution >= 0.6 is 0 Å². The number of carboxylic acid groups (broad SMARTS) is 1. The molecule has 0 saturated carbocycles. The number of hydrogen-bond acceptors (Lipinski definition) is 6. The first kappa shape index (κ1) is 21.6. The van der Waals surface area contributed by atoms with Crippen LogP contribution in [0.25, 0.3) is 5.52 Å². The Kier molecular flexibility index (Phi) is 6.59. The number of rotatable bonds is 6. The van der Waals surface area contributed by atoms with E-state index in [2.05, 4.69) is 10.1 Å². The molecule has 3 heterocycles. The van der Waals surface area contributed by atoms with E-state index in [9.17, 15) is 23.1 Å². The molecule has 3 aromatic heterocycles. The summed E-state index contributed by atoms with van der Waals surface area (Å²) < 4.78 is 48.8. The van der Waals surface area contributed by atoms with Gasteiger partial charge >= 0.3 is 25.0 Å². The van der Waals surface area contributed by atoms with Crippen LogP contribution in [0.1, 0.15) is 23.0 Å². The Morgan fingerprint density at radius 2 is 2.07 bits per heavy atom. The third-order valence-corrected chi connectivity index (χ3v) is 3.60. The third kappa shape index (κ3) is 4.77. The van der Waals surface area contributed by atoms with Gasteiger partial charge in [-0.25, -0.2) is 9.50 Å². The molecule has 0 atom stereocenters. The van der Waals surface area contributed by atoms with Crippen molar-refractivity contribution in [2.75, 3.05) is 6.61 Å². The quantitative estimate of drug-likeness (QED) is 0.525. The van der Waals surface area contributed by atoms with Crippen molar-refractivity contribution >= 4 is 11.5 Å². The molecule has 3 rings (SSSR count). The molecule has 0 spiro atoms. The number of pyridine rings is 2. The van der Waals surface area contributed by atoms with Gasteiger partial charge in [-0.3, -0.25) is 0 Å². The molecule has 0 unspecified atom stereocenters. The average Bonchev–Trinajstić information content (AvgIpc) is 2.98. The molecule has 0 saturated heterocycles. The Morgan fingerprint density at radius 3 is 2.71 bits per heavy atom. The summed E-state index contributed by atoms with van der Waals surface area (Å²) in [5.41, 5.74) is 0.750. The Morgan fingerprint density at radius 1 is 1.32 bits per heavy atom. The summed E-state index contributed by atoms with van der Waals surface area (Å²) >= 11 is 0. The SMILES string of the molecule is CCc1c(C(=O)[O-])nn2ccc(Oc3ncccc3OCC(F)(F)F)cc12.[Li+]. The number of aromatic nitrogens is 3. The van der Waals surface area contributed by atoms with E-state index in [1.54, 1.807) is 6.92 Å². The summed E-state index contributed by atoms with van der Waals surface area (Å²) in [5, 5.41) is 15.1. The van der Waals surface area contributed by atoms with E-state index in [0.29, 0.717) is 17.5 Å². The molecule has 0 amide bonds. The molecule has 0 aliphatic heterocycles. The Hall–Kier alpha value is -2.70. The number of fused-ring (bicyclic) bond motifs is 1. The van der Waals surface area contributed by atoms with Crippen molar-refractivity contribution in [2.24, 2.45) is 0 Å². The van der Waals surface area contributed by atoms with Gasteiger partial charge in [-0.05, 0) is 24.6 Å². The predicted molar refractivity (Wildman–Crippen MR) is 84.8 cm³/mol. The molecule has 0 aromatic carbocycles. The van der Waals surface area contributed by atoms with Crippen LogP contribution in [0.2, 0.25) is 0 Å². The van der Waals surface area contributed by atoms with Gasteiger partial charge in [-0.15, -0.1) is 0 Å². The molecule has 0 N–H and O–H groups in total. The molecule has 0 aliphatic rings.